The van der Waals surface area contributed by atoms with Crippen molar-refractivity contribution in [3.8, 4) is 22.8 Å². The lowest BCUT2D eigenvalue weighted by Gasteiger charge is -2.26. The fraction of sp³-hybridized carbons (Fsp3) is 0.261. The SMILES string of the molecule is CNS(=O)(=O)NCCN(c1cc(OC)cc(OC)c1)c1ccc2ncc(-c3cnn(C)c3)nc2c1. The van der Waals surface area contributed by atoms with E-state index < -0.39 is 10.2 Å². The summed E-state index contributed by atoms with van der Waals surface area (Å²) < 4.78 is 41.2. The van der Waals surface area contributed by atoms with Crippen LogP contribution in [0.4, 0.5) is 11.4 Å². The van der Waals surface area contributed by atoms with Crippen LogP contribution in [0.25, 0.3) is 22.3 Å². The summed E-state index contributed by atoms with van der Waals surface area (Å²) >= 11 is 0. The molecule has 0 aliphatic rings. The monoisotopic (exact) mass is 497 g/mol. The van der Waals surface area contributed by atoms with E-state index in [0.717, 1.165) is 22.5 Å². The summed E-state index contributed by atoms with van der Waals surface area (Å²) in [6.45, 7) is 0.487. The van der Waals surface area contributed by atoms with Gasteiger partial charge in [0.1, 0.15) is 11.5 Å². The fourth-order valence-electron chi connectivity index (χ4n) is 3.58. The highest BCUT2D eigenvalue weighted by atomic mass is 32.2. The quantitative estimate of drug-likeness (QED) is 0.342. The molecule has 184 valence electrons. The van der Waals surface area contributed by atoms with Gasteiger partial charge >= 0.3 is 0 Å². The smallest absolute Gasteiger partial charge is 0.276 e. The van der Waals surface area contributed by atoms with E-state index in [9.17, 15) is 8.42 Å². The molecule has 11 nitrogen and oxygen atoms in total. The highest BCUT2D eigenvalue weighted by Crippen LogP contribution is 2.34. The van der Waals surface area contributed by atoms with Crippen molar-refractivity contribution in [1.29, 1.82) is 0 Å². The Morgan fingerprint density at radius 3 is 2.37 bits per heavy atom. The van der Waals surface area contributed by atoms with Gasteiger partial charge in [-0.25, -0.2) is 14.4 Å². The zero-order valence-corrected chi connectivity index (χ0v) is 20.7. The molecule has 4 rings (SSSR count). The molecular weight excluding hydrogens is 470 g/mol. The average molecular weight is 498 g/mol. The molecule has 2 N–H and O–H groups in total. The first-order valence-electron chi connectivity index (χ1n) is 10.8. The Hall–Kier alpha value is -3.74. The third-order valence-electron chi connectivity index (χ3n) is 5.38. The van der Waals surface area contributed by atoms with E-state index in [4.69, 9.17) is 14.5 Å². The molecule has 0 aliphatic carbocycles. The third kappa shape index (κ3) is 5.67. The first-order chi connectivity index (χ1) is 16.8. The Kier molecular flexibility index (Phi) is 7.15. The van der Waals surface area contributed by atoms with Crippen molar-refractivity contribution in [2.75, 3.05) is 39.3 Å². The van der Waals surface area contributed by atoms with Crippen LogP contribution >= 0.6 is 0 Å². The number of nitrogens with zero attached hydrogens (tertiary/aromatic N) is 5. The van der Waals surface area contributed by atoms with Gasteiger partial charge in [0.2, 0.25) is 0 Å². The highest BCUT2D eigenvalue weighted by Gasteiger charge is 2.16. The van der Waals surface area contributed by atoms with E-state index in [1.165, 1.54) is 7.05 Å². The standard InChI is InChI=1S/C23H27N7O4S/c1-24-35(31,32)27-7-8-30(18-9-19(33-3)12-20(10-18)34-4)17-5-6-21-22(11-17)28-23(14-25-21)16-13-26-29(2)15-16/h5-6,9-15,24,27H,7-8H2,1-4H3. The van der Waals surface area contributed by atoms with Crippen LogP contribution in [0, 0.1) is 0 Å². The minimum absolute atomic E-state index is 0.155. The molecule has 0 fully saturated rings. The summed E-state index contributed by atoms with van der Waals surface area (Å²) in [4.78, 5) is 11.3. The maximum atomic E-state index is 11.9. The van der Waals surface area contributed by atoms with Crippen LogP contribution < -0.4 is 23.8 Å². The van der Waals surface area contributed by atoms with Crippen LogP contribution in [0.1, 0.15) is 0 Å². The maximum Gasteiger partial charge on any atom is 0.276 e. The van der Waals surface area contributed by atoms with E-state index >= 15 is 0 Å². The second-order valence-corrected chi connectivity index (χ2v) is 9.36. The fourth-order valence-corrected chi connectivity index (χ4v) is 4.08. The number of hydrogen-bond acceptors (Lipinski definition) is 8. The van der Waals surface area contributed by atoms with Crippen molar-refractivity contribution in [2.24, 2.45) is 7.05 Å². The molecule has 4 aromatic rings. The molecule has 0 aliphatic heterocycles. The number of ether oxygens (including phenoxy) is 2. The summed E-state index contributed by atoms with van der Waals surface area (Å²) in [5.74, 6) is 1.22. The van der Waals surface area contributed by atoms with Gasteiger partial charge in [-0.05, 0) is 18.2 Å². The van der Waals surface area contributed by atoms with Gasteiger partial charge in [-0.15, -0.1) is 0 Å². The minimum Gasteiger partial charge on any atom is -0.497 e. The molecule has 35 heavy (non-hydrogen) atoms. The van der Waals surface area contributed by atoms with E-state index in [0.29, 0.717) is 29.3 Å². The highest BCUT2D eigenvalue weighted by molar-refractivity contribution is 7.87. The lowest BCUT2D eigenvalue weighted by molar-refractivity contribution is 0.394. The van der Waals surface area contributed by atoms with Gasteiger partial charge in [0.05, 0.1) is 43.3 Å². The average Bonchev–Trinajstić information content (AvgIpc) is 3.31. The molecule has 0 atom stereocenters. The maximum absolute atomic E-state index is 11.9. The van der Waals surface area contributed by atoms with Gasteiger partial charge in [0.25, 0.3) is 10.2 Å². The number of benzene rings is 2. The van der Waals surface area contributed by atoms with Crippen LogP contribution in [0.5, 0.6) is 11.5 Å². The van der Waals surface area contributed by atoms with Crippen molar-refractivity contribution < 1.29 is 17.9 Å². The Labute approximate surface area is 203 Å². The summed E-state index contributed by atoms with van der Waals surface area (Å²) in [5, 5.41) is 4.21. The Morgan fingerprint density at radius 1 is 1.00 bits per heavy atom. The first-order valence-corrected chi connectivity index (χ1v) is 12.2. The van der Waals surface area contributed by atoms with Crippen molar-refractivity contribution in [2.45, 2.75) is 0 Å². The number of rotatable bonds is 10. The molecule has 0 amide bonds. The Balaban J connectivity index is 1.76. The topological polar surface area (TPSA) is 124 Å². The number of aryl methyl sites for hydroxylation is 1. The summed E-state index contributed by atoms with van der Waals surface area (Å²) in [5.41, 5.74) is 4.57. The van der Waals surface area contributed by atoms with Gasteiger partial charge < -0.3 is 14.4 Å². The minimum atomic E-state index is -3.58. The second-order valence-electron chi connectivity index (χ2n) is 7.66. The van der Waals surface area contributed by atoms with Crippen molar-refractivity contribution in [3.63, 3.8) is 0 Å². The van der Waals surface area contributed by atoms with E-state index in [-0.39, 0.29) is 6.54 Å². The van der Waals surface area contributed by atoms with Crippen LogP contribution in [0.2, 0.25) is 0 Å². The van der Waals surface area contributed by atoms with E-state index in [1.54, 1.807) is 37.4 Å². The number of hydrogen-bond donors (Lipinski definition) is 2. The normalized spacial score (nSPS) is 11.5. The lowest BCUT2D eigenvalue weighted by atomic mass is 10.2. The predicted octanol–water partition coefficient (Wildman–Crippen LogP) is 2.24. The zero-order chi connectivity index (χ0) is 25.0. The number of methoxy groups -OCH3 is 2. The van der Waals surface area contributed by atoms with Crippen LogP contribution in [0.15, 0.2) is 55.0 Å². The molecule has 2 aromatic heterocycles. The van der Waals surface area contributed by atoms with Crippen LogP contribution in [0.3, 0.4) is 0 Å². The predicted molar refractivity (Wildman–Crippen MR) is 134 cm³/mol. The van der Waals surface area contributed by atoms with Gasteiger partial charge in [0, 0.05) is 68.5 Å². The van der Waals surface area contributed by atoms with Crippen molar-refractivity contribution >= 4 is 32.6 Å². The number of anilines is 2. The zero-order valence-electron chi connectivity index (χ0n) is 19.9. The Morgan fingerprint density at radius 2 is 1.74 bits per heavy atom. The largest absolute Gasteiger partial charge is 0.497 e. The summed E-state index contributed by atoms with van der Waals surface area (Å²) in [6, 6.07) is 11.2. The van der Waals surface area contributed by atoms with Crippen molar-refractivity contribution in [1.82, 2.24) is 29.2 Å². The van der Waals surface area contributed by atoms with Gasteiger partial charge in [0.15, 0.2) is 0 Å². The number of fused-ring (bicyclic) bond motifs is 1. The third-order valence-corrected chi connectivity index (χ3v) is 6.50. The van der Waals surface area contributed by atoms with E-state index in [2.05, 4.69) is 19.5 Å². The molecule has 0 unspecified atom stereocenters. The summed E-state index contributed by atoms with van der Waals surface area (Å²) in [7, 11) is 2.78. The van der Waals surface area contributed by atoms with E-state index in [1.807, 2.05) is 48.5 Å². The second kappa shape index (κ2) is 10.3. The van der Waals surface area contributed by atoms with Crippen molar-refractivity contribution in [3.05, 3.63) is 55.0 Å². The molecule has 0 spiro atoms. The van der Waals surface area contributed by atoms with Gasteiger partial charge in [-0.2, -0.15) is 13.5 Å². The molecule has 0 radical (unpaired) electrons. The molecule has 0 bridgehead atoms. The number of nitrogens with one attached hydrogen (secondary N) is 2. The van der Waals surface area contributed by atoms with Crippen LogP contribution in [-0.2, 0) is 17.3 Å². The molecular formula is C23H27N7O4S. The molecule has 0 saturated carbocycles. The summed E-state index contributed by atoms with van der Waals surface area (Å²) in [6.07, 6.45) is 5.33. The van der Waals surface area contributed by atoms with Crippen LogP contribution in [-0.4, -0.2) is 62.5 Å². The number of aromatic nitrogens is 4. The van der Waals surface area contributed by atoms with Gasteiger partial charge in [-0.3, -0.25) is 9.67 Å². The lowest BCUT2D eigenvalue weighted by Crippen LogP contribution is -2.38. The first kappa shape index (κ1) is 24.4. The molecule has 2 heterocycles. The van der Waals surface area contributed by atoms with Gasteiger partial charge in [-0.1, -0.05) is 0 Å². The Bertz CT molecular complexity index is 1420. The molecule has 2 aromatic carbocycles. The molecule has 0 saturated heterocycles. The molecule has 12 heteroatoms.